The Morgan fingerprint density at radius 2 is 2.07 bits per heavy atom. The van der Waals surface area contributed by atoms with Gasteiger partial charge in [-0.05, 0) is 43.7 Å². The Bertz CT molecular complexity index is 1200. The topological polar surface area (TPSA) is 69.0 Å². The highest BCUT2D eigenvalue weighted by atomic mass is 35.5. The lowest BCUT2D eigenvalue weighted by atomic mass is 10.2. The van der Waals surface area contributed by atoms with Crippen LogP contribution in [0.25, 0.3) is 15.3 Å². The van der Waals surface area contributed by atoms with Crippen molar-refractivity contribution in [3.63, 3.8) is 0 Å². The summed E-state index contributed by atoms with van der Waals surface area (Å²) in [5, 5.41) is 8.67. The van der Waals surface area contributed by atoms with Gasteiger partial charge in [-0.1, -0.05) is 48.4 Å². The number of ether oxygens (including phenoxy) is 1. The van der Waals surface area contributed by atoms with E-state index in [0.717, 1.165) is 28.8 Å². The van der Waals surface area contributed by atoms with Gasteiger partial charge in [-0.25, -0.2) is 4.98 Å². The van der Waals surface area contributed by atoms with Crippen LogP contribution in [0, 0.1) is 6.92 Å². The molecule has 6 nitrogen and oxygen atoms in total. The zero-order valence-electron chi connectivity index (χ0n) is 16.7. The van der Waals surface area contributed by atoms with Crippen LogP contribution in [0.15, 0.2) is 48.5 Å². The molecule has 0 saturated heterocycles. The van der Waals surface area contributed by atoms with Gasteiger partial charge in [-0.2, -0.15) is 9.78 Å². The Balaban J connectivity index is 1.59. The third kappa shape index (κ3) is 4.32. The fourth-order valence-corrected chi connectivity index (χ4v) is 4.21. The van der Waals surface area contributed by atoms with E-state index in [1.807, 2.05) is 37.3 Å². The molecule has 154 valence electrons. The lowest BCUT2D eigenvalue weighted by molar-refractivity contribution is 0.102. The van der Waals surface area contributed by atoms with Crippen LogP contribution in [0.4, 0.5) is 5.82 Å². The first kappa shape index (κ1) is 20.4. The molecule has 0 unspecified atom stereocenters. The fourth-order valence-electron chi connectivity index (χ4n) is 2.98. The Morgan fingerprint density at radius 1 is 1.23 bits per heavy atom. The van der Waals surface area contributed by atoms with E-state index in [9.17, 15) is 4.79 Å². The van der Waals surface area contributed by atoms with Gasteiger partial charge in [0.1, 0.15) is 17.1 Å². The van der Waals surface area contributed by atoms with Crippen molar-refractivity contribution in [1.82, 2.24) is 14.8 Å². The molecular weight excluding hydrogens is 420 g/mol. The molecule has 4 rings (SSSR count). The average Bonchev–Trinajstić information content (AvgIpc) is 3.32. The number of anilines is 1. The Morgan fingerprint density at radius 3 is 2.87 bits per heavy atom. The maximum atomic E-state index is 12.9. The molecule has 0 aliphatic carbocycles. The number of thiazole rings is 1. The minimum atomic E-state index is -0.240. The second-order valence-electron chi connectivity index (χ2n) is 6.85. The minimum absolute atomic E-state index is 0.240. The highest BCUT2D eigenvalue weighted by molar-refractivity contribution is 7.20. The number of fused-ring (bicyclic) bond motifs is 1. The number of para-hydroxylation sites is 1. The molecule has 0 radical (unpaired) electrons. The summed E-state index contributed by atoms with van der Waals surface area (Å²) in [6.07, 6.45) is 2.03. The van der Waals surface area contributed by atoms with Crippen LogP contribution < -0.4 is 10.1 Å². The molecule has 0 atom stereocenters. The van der Waals surface area contributed by atoms with Gasteiger partial charge >= 0.3 is 0 Å². The SMILES string of the molecule is CCCCOc1cccc(C(=O)Nc2cc(C)nn2-c2nc3c(Cl)cccc3s2)c1. The molecule has 0 bridgehead atoms. The maximum absolute atomic E-state index is 12.9. The van der Waals surface area contributed by atoms with Gasteiger partial charge in [0.05, 0.1) is 22.0 Å². The van der Waals surface area contributed by atoms with Crippen molar-refractivity contribution in [2.24, 2.45) is 0 Å². The lowest BCUT2D eigenvalue weighted by Gasteiger charge is -2.09. The Kier molecular flexibility index (Phi) is 6.01. The molecule has 1 amide bonds. The molecule has 0 aliphatic heterocycles. The number of benzene rings is 2. The molecule has 30 heavy (non-hydrogen) atoms. The van der Waals surface area contributed by atoms with Gasteiger partial charge in [0.2, 0.25) is 5.13 Å². The van der Waals surface area contributed by atoms with Crippen molar-refractivity contribution in [2.75, 3.05) is 11.9 Å². The van der Waals surface area contributed by atoms with Gasteiger partial charge in [0.15, 0.2) is 0 Å². The predicted molar refractivity (Wildman–Crippen MR) is 121 cm³/mol. The van der Waals surface area contributed by atoms with Gasteiger partial charge in [0, 0.05) is 11.6 Å². The van der Waals surface area contributed by atoms with Gasteiger partial charge in [0.25, 0.3) is 5.91 Å². The number of rotatable bonds is 7. The van der Waals surface area contributed by atoms with E-state index in [-0.39, 0.29) is 5.91 Å². The number of halogens is 1. The largest absolute Gasteiger partial charge is 0.494 e. The fraction of sp³-hybridized carbons (Fsp3) is 0.227. The van der Waals surface area contributed by atoms with Crippen LogP contribution in [0.5, 0.6) is 5.75 Å². The summed E-state index contributed by atoms with van der Waals surface area (Å²) in [5.74, 6) is 0.989. The Hall–Kier alpha value is -2.90. The second-order valence-corrected chi connectivity index (χ2v) is 8.27. The molecule has 2 aromatic carbocycles. The Labute approximate surface area is 183 Å². The number of hydrogen-bond acceptors (Lipinski definition) is 5. The molecule has 0 fully saturated rings. The molecule has 0 saturated carbocycles. The zero-order chi connectivity index (χ0) is 21.1. The van der Waals surface area contributed by atoms with E-state index in [0.29, 0.717) is 33.9 Å². The number of hydrogen-bond donors (Lipinski definition) is 1. The van der Waals surface area contributed by atoms with Crippen molar-refractivity contribution < 1.29 is 9.53 Å². The number of nitrogens with one attached hydrogen (secondary N) is 1. The third-order valence-corrected chi connectivity index (χ3v) is 5.78. The average molecular weight is 441 g/mol. The summed E-state index contributed by atoms with van der Waals surface area (Å²) in [4.78, 5) is 17.5. The quantitative estimate of drug-likeness (QED) is 0.364. The highest BCUT2D eigenvalue weighted by Crippen LogP contribution is 2.31. The predicted octanol–water partition coefficient (Wildman–Crippen LogP) is 5.88. The van der Waals surface area contributed by atoms with E-state index in [2.05, 4.69) is 22.3 Å². The summed E-state index contributed by atoms with van der Waals surface area (Å²) in [6, 6.07) is 14.6. The molecule has 1 N–H and O–H groups in total. The van der Waals surface area contributed by atoms with Crippen LogP contribution in [-0.4, -0.2) is 27.3 Å². The molecule has 4 aromatic rings. The van der Waals surface area contributed by atoms with E-state index in [4.69, 9.17) is 16.3 Å². The highest BCUT2D eigenvalue weighted by Gasteiger charge is 2.16. The van der Waals surface area contributed by atoms with E-state index < -0.39 is 0 Å². The minimum Gasteiger partial charge on any atom is -0.494 e. The number of aromatic nitrogens is 3. The molecule has 8 heteroatoms. The van der Waals surface area contributed by atoms with Crippen molar-refractivity contribution in [3.8, 4) is 10.9 Å². The van der Waals surface area contributed by atoms with Gasteiger partial charge < -0.3 is 10.1 Å². The molecule has 2 heterocycles. The lowest BCUT2D eigenvalue weighted by Crippen LogP contribution is -2.15. The van der Waals surface area contributed by atoms with Crippen molar-refractivity contribution in [1.29, 1.82) is 0 Å². The number of nitrogens with zero attached hydrogens (tertiary/aromatic N) is 3. The first-order chi connectivity index (χ1) is 14.5. The smallest absolute Gasteiger partial charge is 0.256 e. The molecule has 0 aliphatic rings. The van der Waals surface area contributed by atoms with E-state index in [1.165, 1.54) is 11.3 Å². The first-order valence-electron chi connectivity index (χ1n) is 9.71. The van der Waals surface area contributed by atoms with Crippen LogP contribution >= 0.6 is 22.9 Å². The summed E-state index contributed by atoms with van der Waals surface area (Å²) >= 11 is 7.72. The summed E-state index contributed by atoms with van der Waals surface area (Å²) in [6.45, 7) is 4.61. The molecular formula is C22H21ClN4O2S. The van der Waals surface area contributed by atoms with Crippen molar-refractivity contribution in [3.05, 3.63) is 64.8 Å². The molecule has 0 spiro atoms. The zero-order valence-corrected chi connectivity index (χ0v) is 18.3. The molecule has 2 aromatic heterocycles. The standard InChI is InChI=1S/C22H21ClN4O2S/c1-3-4-11-29-16-8-5-7-15(13-16)21(28)24-19-12-14(2)26-27(19)22-25-20-17(23)9-6-10-18(20)30-22/h5-10,12-13H,3-4,11H2,1-2H3,(H,24,28). The summed E-state index contributed by atoms with van der Waals surface area (Å²) in [5.41, 5.74) is 2.01. The van der Waals surface area contributed by atoms with Crippen molar-refractivity contribution in [2.45, 2.75) is 26.7 Å². The van der Waals surface area contributed by atoms with Gasteiger partial charge in [-0.3, -0.25) is 4.79 Å². The van der Waals surface area contributed by atoms with Crippen LogP contribution in [0.1, 0.15) is 35.8 Å². The summed E-state index contributed by atoms with van der Waals surface area (Å²) < 4.78 is 8.30. The van der Waals surface area contributed by atoms with Gasteiger partial charge in [-0.15, -0.1) is 0 Å². The van der Waals surface area contributed by atoms with Crippen LogP contribution in [0.2, 0.25) is 5.02 Å². The number of aryl methyl sites for hydroxylation is 1. The number of carbonyl (C=O) groups is 1. The monoisotopic (exact) mass is 440 g/mol. The summed E-state index contributed by atoms with van der Waals surface area (Å²) in [7, 11) is 0. The second kappa shape index (κ2) is 8.85. The number of carbonyl (C=O) groups excluding carboxylic acids is 1. The van der Waals surface area contributed by atoms with E-state index >= 15 is 0 Å². The number of amides is 1. The van der Waals surface area contributed by atoms with E-state index in [1.54, 1.807) is 22.9 Å². The number of unbranched alkanes of at least 4 members (excludes halogenated alkanes) is 1. The normalized spacial score (nSPS) is 11.0. The van der Waals surface area contributed by atoms with Crippen LogP contribution in [0.3, 0.4) is 0 Å². The first-order valence-corrected chi connectivity index (χ1v) is 10.9. The maximum Gasteiger partial charge on any atom is 0.256 e. The van der Waals surface area contributed by atoms with Crippen molar-refractivity contribution >= 4 is 44.9 Å². The third-order valence-electron chi connectivity index (χ3n) is 4.48. The van der Waals surface area contributed by atoms with Crippen LogP contribution in [-0.2, 0) is 0 Å².